The highest BCUT2D eigenvalue weighted by molar-refractivity contribution is 5.86. The zero-order valence-corrected chi connectivity index (χ0v) is 10.7. The second kappa shape index (κ2) is 4.30. The smallest absolute Gasteiger partial charge is 0.119 e. The molecular weight excluding hydrogens is 228 g/mol. The van der Waals surface area contributed by atoms with Crippen molar-refractivity contribution in [2.24, 2.45) is 0 Å². The van der Waals surface area contributed by atoms with Crippen LogP contribution in [0.1, 0.15) is 24.2 Å². The summed E-state index contributed by atoms with van der Waals surface area (Å²) in [5, 5.41) is 14.0. The predicted octanol–water partition coefficient (Wildman–Crippen LogP) is 1.74. The highest BCUT2D eigenvalue weighted by Crippen LogP contribution is 2.33. The van der Waals surface area contributed by atoms with Gasteiger partial charge in [0.25, 0.3) is 0 Å². The third kappa shape index (κ3) is 1.69. The van der Waals surface area contributed by atoms with Crippen LogP contribution in [0.25, 0.3) is 10.9 Å². The molecule has 1 aliphatic rings. The number of aliphatic hydroxyl groups excluding tert-OH is 1. The highest BCUT2D eigenvalue weighted by atomic mass is 16.5. The van der Waals surface area contributed by atoms with Crippen molar-refractivity contribution in [3.63, 3.8) is 0 Å². The monoisotopic (exact) mass is 246 g/mol. The van der Waals surface area contributed by atoms with Crippen LogP contribution >= 0.6 is 0 Å². The molecule has 2 aromatic rings. The lowest BCUT2D eigenvalue weighted by atomic mass is 9.95. The van der Waals surface area contributed by atoms with E-state index in [2.05, 4.69) is 23.3 Å². The first kappa shape index (κ1) is 11.6. The quantitative estimate of drug-likeness (QED) is 0.756. The van der Waals surface area contributed by atoms with Crippen LogP contribution < -0.4 is 10.1 Å². The summed E-state index contributed by atoms with van der Waals surface area (Å²) in [6.45, 7) is 2.29. The normalized spacial score (nSPS) is 23.1. The van der Waals surface area contributed by atoms with E-state index in [1.54, 1.807) is 7.11 Å². The number of nitrogens with one attached hydrogen (secondary N) is 2. The molecule has 1 aromatic heterocycles. The molecule has 2 unspecified atom stereocenters. The number of benzene rings is 1. The van der Waals surface area contributed by atoms with E-state index in [0.717, 1.165) is 17.7 Å². The molecular formula is C14H18N2O2. The van der Waals surface area contributed by atoms with Gasteiger partial charge < -0.3 is 20.1 Å². The number of aromatic amines is 1. The van der Waals surface area contributed by atoms with Gasteiger partial charge in [0.2, 0.25) is 0 Å². The Bertz CT molecular complexity index is 576. The fraction of sp³-hybridized carbons (Fsp3) is 0.429. The van der Waals surface area contributed by atoms with Gasteiger partial charge in [0.05, 0.1) is 13.7 Å². The first-order valence-electron chi connectivity index (χ1n) is 6.28. The van der Waals surface area contributed by atoms with Crippen molar-refractivity contribution >= 4 is 10.9 Å². The van der Waals surface area contributed by atoms with Crippen molar-refractivity contribution in [3.8, 4) is 5.75 Å². The molecule has 0 spiro atoms. The number of aromatic nitrogens is 1. The van der Waals surface area contributed by atoms with Crippen molar-refractivity contribution in [3.05, 3.63) is 29.5 Å². The van der Waals surface area contributed by atoms with Gasteiger partial charge >= 0.3 is 0 Å². The number of aliphatic hydroxyl groups is 1. The lowest BCUT2D eigenvalue weighted by Gasteiger charge is -2.27. The molecule has 3 rings (SSSR count). The molecule has 0 radical (unpaired) electrons. The highest BCUT2D eigenvalue weighted by Gasteiger charge is 2.26. The summed E-state index contributed by atoms with van der Waals surface area (Å²) in [6.07, 6.45) is 0.851. The van der Waals surface area contributed by atoms with Crippen molar-refractivity contribution in [1.29, 1.82) is 0 Å². The lowest BCUT2D eigenvalue weighted by Crippen LogP contribution is -2.40. The lowest BCUT2D eigenvalue weighted by molar-refractivity contribution is 0.225. The summed E-state index contributed by atoms with van der Waals surface area (Å²) >= 11 is 0. The summed E-state index contributed by atoms with van der Waals surface area (Å²) in [4.78, 5) is 3.46. The molecule has 4 nitrogen and oxygen atoms in total. The summed E-state index contributed by atoms with van der Waals surface area (Å²) in [5.74, 6) is 0.871. The second-order valence-electron chi connectivity index (χ2n) is 4.90. The van der Waals surface area contributed by atoms with Gasteiger partial charge in [-0.15, -0.1) is 0 Å². The maximum atomic E-state index is 9.35. The van der Waals surface area contributed by atoms with Gasteiger partial charge in [0.1, 0.15) is 5.75 Å². The topological polar surface area (TPSA) is 57.3 Å². The predicted molar refractivity (Wildman–Crippen MR) is 71.0 cm³/mol. The molecule has 2 heterocycles. The Morgan fingerprint density at radius 1 is 1.44 bits per heavy atom. The molecule has 1 aromatic carbocycles. The molecule has 0 amide bonds. The van der Waals surface area contributed by atoms with E-state index >= 15 is 0 Å². The maximum Gasteiger partial charge on any atom is 0.119 e. The first-order chi connectivity index (χ1) is 8.72. The van der Waals surface area contributed by atoms with Crippen LogP contribution in [0.5, 0.6) is 5.75 Å². The fourth-order valence-electron chi connectivity index (χ4n) is 2.82. The van der Waals surface area contributed by atoms with Gasteiger partial charge in [-0.1, -0.05) is 0 Å². The van der Waals surface area contributed by atoms with E-state index in [0.29, 0.717) is 0 Å². The fourth-order valence-corrected chi connectivity index (χ4v) is 2.82. The molecule has 0 fully saturated rings. The van der Waals surface area contributed by atoms with Crippen molar-refractivity contribution in [2.45, 2.75) is 25.4 Å². The van der Waals surface area contributed by atoms with Crippen LogP contribution in [-0.2, 0) is 6.42 Å². The van der Waals surface area contributed by atoms with Crippen LogP contribution in [-0.4, -0.2) is 29.8 Å². The molecule has 0 bridgehead atoms. The molecule has 0 saturated carbocycles. The minimum absolute atomic E-state index is 0.137. The van der Waals surface area contributed by atoms with Crippen LogP contribution in [0.4, 0.5) is 0 Å². The van der Waals surface area contributed by atoms with E-state index in [-0.39, 0.29) is 18.7 Å². The Morgan fingerprint density at radius 3 is 3.00 bits per heavy atom. The number of methoxy groups -OCH3 is 1. The summed E-state index contributed by atoms with van der Waals surface area (Å²) < 4.78 is 5.28. The third-order valence-corrected chi connectivity index (χ3v) is 3.74. The number of hydrogen-bond donors (Lipinski definition) is 3. The summed E-state index contributed by atoms with van der Waals surface area (Å²) in [6, 6.07) is 6.46. The van der Waals surface area contributed by atoms with E-state index in [1.807, 2.05) is 12.1 Å². The van der Waals surface area contributed by atoms with Gasteiger partial charge in [-0.2, -0.15) is 0 Å². The SMILES string of the molecule is COc1ccc2[nH]c3c(c2c1)CC(CO)NC3C. The number of fused-ring (bicyclic) bond motifs is 3. The molecule has 0 aliphatic carbocycles. The van der Waals surface area contributed by atoms with Gasteiger partial charge in [-0.3, -0.25) is 0 Å². The van der Waals surface area contributed by atoms with E-state index in [1.165, 1.54) is 16.6 Å². The van der Waals surface area contributed by atoms with Crippen molar-refractivity contribution in [2.75, 3.05) is 13.7 Å². The third-order valence-electron chi connectivity index (χ3n) is 3.74. The standard InChI is InChI=1S/C14H18N2O2/c1-8-14-12(5-9(7-17)15-8)11-6-10(18-2)3-4-13(11)16-14/h3-4,6,8-9,15-17H,5,7H2,1-2H3. The van der Waals surface area contributed by atoms with Gasteiger partial charge in [-0.25, -0.2) is 0 Å². The number of rotatable bonds is 2. The van der Waals surface area contributed by atoms with Crippen molar-refractivity contribution in [1.82, 2.24) is 10.3 Å². The van der Waals surface area contributed by atoms with Crippen LogP contribution in [0.3, 0.4) is 0 Å². The minimum Gasteiger partial charge on any atom is -0.497 e. The summed E-state index contributed by atoms with van der Waals surface area (Å²) in [7, 11) is 1.68. The zero-order valence-electron chi connectivity index (χ0n) is 10.7. The molecule has 96 valence electrons. The average molecular weight is 246 g/mol. The van der Waals surface area contributed by atoms with Crippen LogP contribution in [0, 0.1) is 0 Å². The molecule has 4 heteroatoms. The molecule has 1 aliphatic heterocycles. The summed E-state index contributed by atoms with van der Waals surface area (Å²) in [5.41, 5.74) is 3.66. The van der Waals surface area contributed by atoms with E-state index in [4.69, 9.17) is 4.74 Å². The number of hydrogen-bond acceptors (Lipinski definition) is 3. The van der Waals surface area contributed by atoms with E-state index in [9.17, 15) is 5.11 Å². The Labute approximate surface area is 106 Å². The number of H-pyrrole nitrogens is 1. The molecule has 3 N–H and O–H groups in total. The van der Waals surface area contributed by atoms with Crippen LogP contribution in [0.15, 0.2) is 18.2 Å². The molecule has 0 saturated heterocycles. The second-order valence-corrected chi connectivity index (χ2v) is 4.90. The molecule has 18 heavy (non-hydrogen) atoms. The maximum absolute atomic E-state index is 9.35. The average Bonchev–Trinajstić information content (AvgIpc) is 2.77. The van der Waals surface area contributed by atoms with Crippen molar-refractivity contribution < 1.29 is 9.84 Å². The minimum atomic E-state index is 0.137. The zero-order chi connectivity index (χ0) is 12.7. The molecule has 2 atom stereocenters. The first-order valence-corrected chi connectivity index (χ1v) is 6.28. The Morgan fingerprint density at radius 2 is 2.28 bits per heavy atom. The largest absolute Gasteiger partial charge is 0.497 e. The van der Waals surface area contributed by atoms with E-state index < -0.39 is 0 Å². The Balaban J connectivity index is 2.16. The van der Waals surface area contributed by atoms with Crippen LogP contribution in [0.2, 0.25) is 0 Å². The Kier molecular flexibility index (Phi) is 2.76. The van der Waals surface area contributed by atoms with Gasteiger partial charge in [0.15, 0.2) is 0 Å². The number of ether oxygens (including phenoxy) is 1. The Hall–Kier alpha value is -1.52. The van der Waals surface area contributed by atoms with Gasteiger partial charge in [-0.05, 0) is 37.1 Å². The van der Waals surface area contributed by atoms with Gasteiger partial charge in [0, 0.05) is 28.7 Å².